The Morgan fingerprint density at radius 1 is 1.27 bits per heavy atom. The fourth-order valence-electron chi connectivity index (χ4n) is 1.21. The third-order valence-electron chi connectivity index (χ3n) is 1.98. The van der Waals surface area contributed by atoms with Crippen LogP contribution in [0.1, 0.15) is 12.0 Å². The third-order valence-corrected chi connectivity index (χ3v) is 1.98. The van der Waals surface area contributed by atoms with Crippen molar-refractivity contribution in [3.05, 3.63) is 35.9 Å². The number of carbonyl (C=O) groups excluding carboxylic acids is 1. The molecular weight excluding hydrogens is 192 g/mol. The summed E-state index contributed by atoms with van der Waals surface area (Å²) in [7, 11) is 0. The van der Waals surface area contributed by atoms with E-state index in [1.807, 2.05) is 30.3 Å². The molecule has 0 saturated carbocycles. The Balaban J connectivity index is 2.10. The number of hydrogen-bond donors (Lipinski definition) is 3. The van der Waals surface area contributed by atoms with Crippen LogP contribution in [0.25, 0.3) is 0 Å². The number of amides is 1. The van der Waals surface area contributed by atoms with Gasteiger partial charge in [-0.25, -0.2) is 0 Å². The number of aliphatic hydroxyl groups is 1. The monoisotopic (exact) mass is 208 g/mol. The summed E-state index contributed by atoms with van der Waals surface area (Å²) in [5, 5.41) is 13.9. The van der Waals surface area contributed by atoms with Gasteiger partial charge in [0, 0.05) is 19.5 Å². The molecule has 0 radical (unpaired) electrons. The zero-order valence-corrected chi connectivity index (χ0v) is 8.57. The minimum atomic E-state index is -0.294. The molecule has 3 N–H and O–H groups in total. The first-order valence-corrected chi connectivity index (χ1v) is 4.95. The molecule has 1 rings (SSSR count). The Morgan fingerprint density at radius 2 is 2.00 bits per heavy atom. The van der Waals surface area contributed by atoms with E-state index < -0.39 is 0 Å². The van der Waals surface area contributed by atoms with E-state index in [0.717, 1.165) is 6.54 Å². The molecule has 0 spiro atoms. The molecule has 0 aliphatic rings. The number of carbonyl (C=O) groups is 1. The molecular formula is C11H16N2O2. The second kappa shape index (κ2) is 6.98. The van der Waals surface area contributed by atoms with Crippen LogP contribution in [0, 0.1) is 0 Å². The molecule has 4 heteroatoms. The van der Waals surface area contributed by atoms with Crippen molar-refractivity contribution in [1.29, 1.82) is 0 Å². The third kappa shape index (κ3) is 5.15. The molecule has 0 aliphatic carbocycles. The fraction of sp³-hybridized carbons (Fsp3) is 0.364. The van der Waals surface area contributed by atoms with Crippen LogP contribution >= 0.6 is 0 Å². The van der Waals surface area contributed by atoms with E-state index in [4.69, 9.17) is 5.11 Å². The summed E-state index contributed by atoms with van der Waals surface area (Å²) in [5.74, 6) is -0.141. The van der Waals surface area contributed by atoms with Gasteiger partial charge in [0.15, 0.2) is 0 Å². The maximum Gasteiger partial charge on any atom is 0.223 e. The van der Waals surface area contributed by atoms with Crippen LogP contribution in [-0.4, -0.2) is 24.3 Å². The van der Waals surface area contributed by atoms with E-state index in [0.29, 0.717) is 13.0 Å². The molecule has 1 aromatic carbocycles. The van der Waals surface area contributed by atoms with Gasteiger partial charge in [-0.05, 0) is 5.56 Å². The van der Waals surface area contributed by atoms with Crippen LogP contribution in [-0.2, 0) is 11.3 Å². The quantitative estimate of drug-likeness (QED) is 0.463. The SMILES string of the molecule is O=C(CCNCc1ccccc1)NCO. The predicted octanol–water partition coefficient (Wildman–Crippen LogP) is 0.232. The van der Waals surface area contributed by atoms with Gasteiger partial charge in [0.05, 0.1) is 0 Å². The van der Waals surface area contributed by atoms with Crippen molar-refractivity contribution in [3.63, 3.8) is 0 Å². The van der Waals surface area contributed by atoms with Crippen LogP contribution in [0.5, 0.6) is 0 Å². The highest BCUT2D eigenvalue weighted by atomic mass is 16.3. The highest BCUT2D eigenvalue weighted by molar-refractivity contribution is 5.75. The van der Waals surface area contributed by atoms with Crippen molar-refractivity contribution in [2.24, 2.45) is 0 Å². The van der Waals surface area contributed by atoms with Gasteiger partial charge < -0.3 is 15.7 Å². The van der Waals surface area contributed by atoms with Crippen LogP contribution in [0.4, 0.5) is 0 Å². The summed E-state index contributed by atoms with van der Waals surface area (Å²) in [6, 6.07) is 9.99. The van der Waals surface area contributed by atoms with E-state index in [1.54, 1.807) is 0 Å². The normalized spacial score (nSPS) is 9.93. The Bertz CT molecular complexity index is 288. The van der Waals surface area contributed by atoms with Gasteiger partial charge in [-0.3, -0.25) is 4.79 Å². The highest BCUT2D eigenvalue weighted by Gasteiger charge is 1.98. The Morgan fingerprint density at radius 3 is 2.67 bits per heavy atom. The lowest BCUT2D eigenvalue weighted by atomic mass is 10.2. The molecule has 0 fully saturated rings. The number of nitrogens with one attached hydrogen (secondary N) is 2. The summed E-state index contributed by atoms with van der Waals surface area (Å²) < 4.78 is 0. The summed E-state index contributed by atoms with van der Waals surface area (Å²) in [6.07, 6.45) is 0.382. The van der Waals surface area contributed by atoms with E-state index in [1.165, 1.54) is 5.56 Å². The minimum absolute atomic E-state index is 0.141. The van der Waals surface area contributed by atoms with Gasteiger partial charge in [-0.2, -0.15) is 0 Å². The second-order valence-electron chi connectivity index (χ2n) is 3.17. The fourth-order valence-corrected chi connectivity index (χ4v) is 1.21. The van der Waals surface area contributed by atoms with Gasteiger partial charge in [0.2, 0.25) is 5.91 Å². The average molecular weight is 208 g/mol. The summed E-state index contributed by atoms with van der Waals surface area (Å²) in [5.41, 5.74) is 1.19. The molecule has 4 nitrogen and oxygen atoms in total. The van der Waals surface area contributed by atoms with Crippen LogP contribution in [0.3, 0.4) is 0 Å². The topological polar surface area (TPSA) is 61.4 Å². The van der Waals surface area contributed by atoms with Crippen molar-refractivity contribution in [2.75, 3.05) is 13.3 Å². The molecule has 0 saturated heterocycles. The van der Waals surface area contributed by atoms with Gasteiger partial charge in [0.25, 0.3) is 0 Å². The molecule has 0 aromatic heterocycles. The maximum absolute atomic E-state index is 10.9. The lowest BCUT2D eigenvalue weighted by Crippen LogP contribution is -2.28. The van der Waals surface area contributed by atoms with Crippen molar-refractivity contribution >= 4 is 5.91 Å². The molecule has 15 heavy (non-hydrogen) atoms. The zero-order chi connectivity index (χ0) is 10.9. The molecule has 0 aliphatic heterocycles. The molecule has 0 bridgehead atoms. The first-order valence-electron chi connectivity index (χ1n) is 4.95. The smallest absolute Gasteiger partial charge is 0.223 e. The standard InChI is InChI=1S/C11H16N2O2/c14-9-13-11(15)6-7-12-8-10-4-2-1-3-5-10/h1-5,12,14H,6-9H2,(H,13,15). The molecule has 0 unspecified atom stereocenters. The first kappa shape index (κ1) is 11.7. The number of aliphatic hydroxyl groups excluding tert-OH is 1. The average Bonchev–Trinajstić information content (AvgIpc) is 2.26. The lowest BCUT2D eigenvalue weighted by Gasteiger charge is -2.04. The number of benzene rings is 1. The highest BCUT2D eigenvalue weighted by Crippen LogP contribution is 1.96. The predicted molar refractivity (Wildman–Crippen MR) is 58.0 cm³/mol. The van der Waals surface area contributed by atoms with Crippen molar-refractivity contribution in [3.8, 4) is 0 Å². The largest absolute Gasteiger partial charge is 0.377 e. The van der Waals surface area contributed by atoms with Crippen LogP contribution in [0.2, 0.25) is 0 Å². The zero-order valence-electron chi connectivity index (χ0n) is 8.57. The van der Waals surface area contributed by atoms with E-state index in [9.17, 15) is 4.79 Å². The summed E-state index contributed by atoms with van der Waals surface area (Å²) >= 11 is 0. The Hall–Kier alpha value is -1.39. The van der Waals surface area contributed by atoms with Crippen LogP contribution in [0.15, 0.2) is 30.3 Å². The second-order valence-corrected chi connectivity index (χ2v) is 3.17. The first-order chi connectivity index (χ1) is 7.33. The Kier molecular flexibility index (Phi) is 5.43. The van der Waals surface area contributed by atoms with E-state index in [2.05, 4.69) is 10.6 Å². The van der Waals surface area contributed by atoms with Gasteiger partial charge in [-0.1, -0.05) is 30.3 Å². The van der Waals surface area contributed by atoms with Gasteiger partial charge in [-0.15, -0.1) is 0 Å². The molecule has 1 amide bonds. The lowest BCUT2D eigenvalue weighted by molar-refractivity contribution is -0.122. The van der Waals surface area contributed by atoms with Gasteiger partial charge >= 0.3 is 0 Å². The van der Waals surface area contributed by atoms with Crippen molar-refractivity contribution in [1.82, 2.24) is 10.6 Å². The number of rotatable bonds is 6. The van der Waals surface area contributed by atoms with Crippen molar-refractivity contribution < 1.29 is 9.90 Å². The molecule has 82 valence electrons. The minimum Gasteiger partial charge on any atom is -0.377 e. The molecule has 0 atom stereocenters. The van der Waals surface area contributed by atoms with Crippen molar-refractivity contribution in [2.45, 2.75) is 13.0 Å². The summed E-state index contributed by atoms with van der Waals surface area (Å²) in [4.78, 5) is 10.9. The van der Waals surface area contributed by atoms with E-state index >= 15 is 0 Å². The Labute approximate surface area is 89.3 Å². The summed E-state index contributed by atoms with van der Waals surface area (Å²) in [6.45, 7) is 1.07. The van der Waals surface area contributed by atoms with Crippen LogP contribution < -0.4 is 10.6 Å². The number of hydrogen-bond acceptors (Lipinski definition) is 3. The maximum atomic E-state index is 10.9. The molecule has 1 aromatic rings. The van der Waals surface area contributed by atoms with Gasteiger partial charge in [0.1, 0.15) is 6.73 Å². The molecule has 0 heterocycles. The van der Waals surface area contributed by atoms with E-state index in [-0.39, 0.29) is 12.6 Å².